The van der Waals surface area contributed by atoms with Gasteiger partial charge in [0.15, 0.2) is 6.10 Å². The molecular weight excluding hydrogens is 304 g/mol. The molecule has 1 unspecified atom stereocenters. The summed E-state index contributed by atoms with van der Waals surface area (Å²) < 4.78 is 4.86. The molecular formula is C15H14N2O6. The number of nitrogens with zero attached hydrogens (tertiary/aromatic N) is 1. The van der Waals surface area contributed by atoms with Gasteiger partial charge in [0, 0.05) is 11.6 Å². The Balaban J connectivity index is 3.09. The number of benzene rings is 1. The highest BCUT2D eigenvalue weighted by atomic mass is 16.5. The van der Waals surface area contributed by atoms with Crippen LogP contribution in [0.4, 0.5) is 10.5 Å². The molecule has 0 spiro atoms. The minimum absolute atomic E-state index is 0.110. The van der Waals surface area contributed by atoms with Gasteiger partial charge in [-0.15, -0.1) is 0 Å². The Kier molecular flexibility index (Phi) is 6.39. The third-order valence-corrected chi connectivity index (χ3v) is 2.82. The highest BCUT2D eigenvalue weighted by molar-refractivity contribution is 6.02. The van der Waals surface area contributed by atoms with Crippen LogP contribution in [0.15, 0.2) is 35.8 Å². The summed E-state index contributed by atoms with van der Waals surface area (Å²) >= 11 is 0. The lowest BCUT2D eigenvalue weighted by atomic mass is 10.0. The summed E-state index contributed by atoms with van der Waals surface area (Å²) in [7, 11) is 0. The Morgan fingerprint density at radius 1 is 1.48 bits per heavy atom. The van der Waals surface area contributed by atoms with Crippen LogP contribution in [0.1, 0.15) is 15.9 Å². The first-order chi connectivity index (χ1) is 10.9. The molecule has 0 saturated carbocycles. The zero-order chi connectivity index (χ0) is 17.4. The van der Waals surface area contributed by atoms with Crippen LogP contribution < -0.4 is 5.32 Å². The van der Waals surface area contributed by atoms with Gasteiger partial charge in [-0.1, -0.05) is 18.7 Å². The minimum Gasteiger partial charge on any atom is -0.465 e. The van der Waals surface area contributed by atoms with Gasteiger partial charge in [-0.25, -0.2) is 14.4 Å². The number of aryl methyl sites for hydroxylation is 1. The number of isocyanates is 1. The molecule has 1 aromatic rings. The number of nitrogens with one attached hydrogen (secondary N) is 1. The minimum atomic E-state index is -1.37. The summed E-state index contributed by atoms with van der Waals surface area (Å²) in [5, 5.41) is 10.6. The number of carbonyl (C=O) groups is 3. The van der Waals surface area contributed by atoms with Gasteiger partial charge >= 0.3 is 12.1 Å². The molecule has 0 aliphatic carbocycles. The van der Waals surface area contributed by atoms with Gasteiger partial charge in [-0.3, -0.25) is 4.79 Å². The molecule has 0 saturated heterocycles. The molecule has 0 aliphatic heterocycles. The van der Waals surface area contributed by atoms with E-state index in [0.29, 0.717) is 5.56 Å². The van der Waals surface area contributed by atoms with E-state index in [1.807, 2.05) is 5.32 Å². The van der Waals surface area contributed by atoms with Crippen LogP contribution in [0.25, 0.3) is 0 Å². The standard InChI is InChI=1S/C15H14N2O6/c1-3-13(19)23-12(7-16-15(21)22)14(20)10-5-4-9(2)11(6-10)17-8-18/h3-6,12,16H,1,7H2,2H3,(H,21,22). The van der Waals surface area contributed by atoms with Crippen molar-refractivity contribution in [1.82, 2.24) is 5.32 Å². The number of esters is 1. The second-order valence-electron chi connectivity index (χ2n) is 4.38. The van der Waals surface area contributed by atoms with Crippen molar-refractivity contribution in [2.75, 3.05) is 6.54 Å². The zero-order valence-electron chi connectivity index (χ0n) is 12.2. The summed E-state index contributed by atoms with van der Waals surface area (Å²) in [6, 6.07) is 4.34. The Labute approximate surface area is 131 Å². The van der Waals surface area contributed by atoms with Crippen molar-refractivity contribution in [1.29, 1.82) is 0 Å². The first-order valence-corrected chi connectivity index (χ1v) is 6.41. The summed E-state index contributed by atoms with van der Waals surface area (Å²) in [6.45, 7) is 4.47. The van der Waals surface area contributed by atoms with Crippen LogP contribution in [0, 0.1) is 6.92 Å². The van der Waals surface area contributed by atoms with E-state index in [1.54, 1.807) is 13.0 Å². The molecule has 0 aromatic heterocycles. The van der Waals surface area contributed by atoms with Crippen molar-refractivity contribution in [2.24, 2.45) is 4.99 Å². The van der Waals surface area contributed by atoms with Gasteiger partial charge in [-0.05, 0) is 18.6 Å². The van der Waals surface area contributed by atoms with Gasteiger partial charge in [0.1, 0.15) is 0 Å². The van der Waals surface area contributed by atoms with Crippen molar-refractivity contribution in [3.63, 3.8) is 0 Å². The van der Waals surface area contributed by atoms with Crippen LogP contribution in [0.2, 0.25) is 0 Å². The van der Waals surface area contributed by atoms with Crippen molar-refractivity contribution in [3.05, 3.63) is 42.0 Å². The number of hydrogen-bond donors (Lipinski definition) is 2. The normalized spacial score (nSPS) is 10.8. The second kappa shape index (κ2) is 8.26. The molecule has 1 amide bonds. The molecule has 1 aromatic carbocycles. The fraction of sp³-hybridized carbons (Fsp3) is 0.200. The van der Waals surface area contributed by atoms with E-state index in [9.17, 15) is 19.2 Å². The monoisotopic (exact) mass is 318 g/mol. The van der Waals surface area contributed by atoms with E-state index in [0.717, 1.165) is 6.08 Å². The van der Waals surface area contributed by atoms with Crippen LogP contribution in [-0.4, -0.2) is 41.7 Å². The van der Waals surface area contributed by atoms with Gasteiger partial charge in [0.2, 0.25) is 11.9 Å². The summed E-state index contributed by atoms with van der Waals surface area (Å²) in [6.07, 6.45) is -0.500. The number of ether oxygens (including phenoxy) is 1. The highest BCUT2D eigenvalue weighted by Gasteiger charge is 2.24. The molecule has 0 fully saturated rings. The predicted octanol–water partition coefficient (Wildman–Crippen LogP) is 1.51. The first-order valence-electron chi connectivity index (χ1n) is 6.41. The first kappa shape index (κ1) is 17.8. The molecule has 0 bridgehead atoms. The van der Waals surface area contributed by atoms with Crippen LogP contribution in [0.5, 0.6) is 0 Å². The third kappa shape index (κ3) is 5.22. The molecule has 0 aliphatic rings. The Morgan fingerprint density at radius 3 is 2.74 bits per heavy atom. The SMILES string of the molecule is C=CC(=O)OC(CNC(=O)O)C(=O)c1ccc(C)c(N=C=O)c1. The van der Waals surface area contributed by atoms with Crippen molar-refractivity contribution in [3.8, 4) is 0 Å². The average Bonchev–Trinajstić information content (AvgIpc) is 2.52. The van der Waals surface area contributed by atoms with Crippen LogP contribution in [-0.2, 0) is 14.3 Å². The maximum absolute atomic E-state index is 12.4. The Bertz CT molecular complexity index is 691. The number of carbonyl (C=O) groups excluding carboxylic acids is 3. The maximum atomic E-state index is 12.4. The van der Waals surface area contributed by atoms with E-state index in [2.05, 4.69) is 11.6 Å². The van der Waals surface area contributed by atoms with Gasteiger partial charge in [-0.2, -0.15) is 4.99 Å². The van der Waals surface area contributed by atoms with Crippen molar-refractivity contribution >= 4 is 29.6 Å². The van der Waals surface area contributed by atoms with E-state index < -0.39 is 30.5 Å². The number of hydrogen-bond acceptors (Lipinski definition) is 6. The van der Waals surface area contributed by atoms with Gasteiger partial charge in [0.25, 0.3) is 0 Å². The van der Waals surface area contributed by atoms with Crippen molar-refractivity contribution in [2.45, 2.75) is 13.0 Å². The molecule has 1 atom stereocenters. The number of ketones is 1. The maximum Gasteiger partial charge on any atom is 0.404 e. The largest absolute Gasteiger partial charge is 0.465 e. The van der Waals surface area contributed by atoms with E-state index in [-0.39, 0.29) is 11.3 Å². The predicted molar refractivity (Wildman–Crippen MR) is 79.4 cm³/mol. The molecule has 120 valence electrons. The summed E-state index contributed by atoms with van der Waals surface area (Å²) in [4.78, 5) is 48.1. The molecule has 2 N–H and O–H groups in total. The zero-order valence-corrected chi connectivity index (χ0v) is 12.2. The number of Topliss-reactive ketones (excluding diaryl/α,β-unsaturated/α-hetero) is 1. The topological polar surface area (TPSA) is 122 Å². The Morgan fingerprint density at radius 2 is 2.17 bits per heavy atom. The summed E-state index contributed by atoms with van der Waals surface area (Å²) in [5.41, 5.74) is 0.998. The smallest absolute Gasteiger partial charge is 0.404 e. The molecule has 8 nitrogen and oxygen atoms in total. The van der Waals surface area contributed by atoms with E-state index in [1.165, 1.54) is 18.2 Å². The molecule has 0 radical (unpaired) electrons. The lowest BCUT2D eigenvalue weighted by Crippen LogP contribution is -2.39. The second-order valence-corrected chi connectivity index (χ2v) is 4.38. The summed E-state index contributed by atoms with van der Waals surface area (Å²) in [5.74, 6) is -1.51. The Hall–Kier alpha value is -3.25. The highest BCUT2D eigenvalue weighted by Crippen LogP contribution is 2.21. The van der Waals surface area contributed by atoms with E-state index in [4.69, 9.17) is 9.84 Å². The fourth-order valence-electron chi connectivity index (χ4n) is 1.67. The quantitative estimate of drug-likeness (QED) is 0.258. The molecule has 23 heavy (non-hydrogen) atoms. The molecule has 8 heteroatoms. The van der Waals surface area contributed by atoms with Gasteiger partial charge < -0.3 is 15.2 Å². The van der Waals surface area contributed by atoms with Crippen LogP contribution >= 0.6 is 0 Å². The molecule has 0 heterocycles. The number of amides is 1. The van der Waals surface area contributed by atoms with Crippen LogP contribution in [0.3, 0.4) is 0 Å². The molecule has 1 rings (SSSR count). The lowest BCUT2D eigenvalue weighted by Gasteiger charge is -2.16. The number of aliphatic imine (C=N–C) groups is 1. The van der Waals surface area contributed by atoms with E-state index >= 15 is 0 Å². The number of rotatable bonds is 7. The lowest BCUT2D eigenvalue weighted by molar-refractivity contribution is -0.140. The fourth-order valence-corrected chi connectivity index (χ4v) is 1.67. The van der Waals surface area contributed by atoms with Crippen molar-refractivity contribution < 1.29 is 29.0 Å². The average molecular weight is 318 g/mol. The number of carboxylic acid groups (broad SMARTS) is 1. The van der Waals surface area contributed by atoms with Gasteiger partial charge in [0.05, 0.1) is 12.2 Å². The third-order valence-electron chi connectivity index (χ3n) is 2.82.